The lowest BCUT2D eigenvalue weighted by Gasteiger charge is -2.31. The number of fused-ring (bicyclic) bond motifs is 1. The number of ether oxygens (including phenoxy) is 1. The summed E-state index contributed by atoms with van der Waals surface area (Å²) in [5.74, 6) is -0.432. The van der Waals surface area contributed by atoms with Gasteiger partial charge in [0.25, 0.3) is 5.91 Å². The lowest BCUT2D eigenvalue weighted by Crippen LogP contribution is -2.47. The summed E-state index contributed by atoms with van der Waals surface area (Å²) in [7, 11) is 0. The van der Waals surface area contributed by atoms with Gasteiger partial charge in [-0.2, -0.15) is 0 Å². The molecule has 9 heteroatoms. The molecule has 1 aliphatic heterocycles. The molecule has 0 saturated heterocycles. The van der Waals surface area contributed by atoms with Crippen LogP contribution in [0, 0.1) is 11.2 Å². The average Bonchev–Trinajstić information content (AvgIpc) is 2.94. The van der Waals surface area contributed by atoms with Gasteiger partial charge in [0.2, 0.25) is 0 Å². The third-order valence-corrected chi connectivity index (χ3v) is 6.36. The van der Waals surface area contributed by atoms with Crippen LogP contribution >= 0.6 is 36.4 Å². The van der Waals surface area contributed by atoms with Gasteiger partial charge in [0.15, 0.2) is 0 Å². The average molecular weight is 583 g/mol. The van der Waals surface area contributed by atoms with Crippen LogP contribution in [0.3, 0.4) is 0 Å². The highest BCUT2D eigenvalue weighted by molar-refractivity contribution is 6.30. The number of nitrogens with one attached hydrogen (secondary N) is 1. The summed E-state index contributed by atoms with van der Waals surface area (Å²) >= 11 is 6.43. The van der Waals surface area contributed by atoms with E-state index in [1.807, 2.05) is 36.4 Å². The molecule has 1 aliphatic rings. The molecule has 0 fully saturated rings. The van der Waals surface area contributed by atoms with Crippen LogP contribution in [0.1, 0.15) is 49.1 Å². The fraction of sp³-hybridized carbons (Fsp3) is 0.345. The van der Waals surface area contributed by atoms with Crippen molar-refractivity contribution in [2.45, 2.75) is 46.1 Å². The SMILES string of the molecule is CC(C)(C)CN1C(=O)C(CNCc2ccccc2F)OC(c2cccc(CN)c2)c2cc(Cl)ccc21.Cl.Cl. The van der Waals surface area contributed by atoms with Gasteiger partial charge in [-0.05, 0) is 40.8 Å². The number of nitrogens with two attached hydrogens (primary N) is 1. The Morgan fingerprint density at radius 2 is 1.79 bits per heavy atom. The van der Waals surface area contributed by atoms with E-state index in [-0.39, 0.29) is 55.0 Å². The van der Waals surface area contributed by atoms with Gasteiger partial charge in [-0.25, -0.2) is 4.39 Å². The van der Waals surface area contributed by atoms with Crippen LogP contribution in [0.5, 0.6) is 0 Å². The van der Waals surface area contributed by atoms with Crippen molar-refractivity contribution in [3.8, 4) is 0 Å². The van der Waals surface area contributed by atoms with Crippen molar-refractivity contribution >= 4 is 48.0 Å². The summed E-state index contributed by atoms with van der Waals surface area (Å²) in [4.78, 5) is 15.7. The second-order valence-electron chi connectivity index (χ2n) is 10.4. The van der Waals surface area contributed by atoms with E-state index < -0.39 is 12.2 Å². The third kappa shape index (κ3) is 7.69. The number of anilines is 1. The minimum absolute atomic E-state index is 0. The van der Waals surface area contributed by atoms with Crippen molar-refractivity contribution in [1.29, 1.82) is 0 Å². The fourth-order valence-corrected chi connectivity index (χ4v) is 4.64. The molecule has 1 amide bonds. The smallest absolute Gasteiger partial charge is 0.257 e. The molecule has 38 heavy (non-hydrogen) atoms. The van der Waals surface area contributed by atoms with Crippen molar-refractivity contribution in [2.24, 2.45) is 11.1 Å². The second-order valence-corrected chi connectivity index (χ2v) is 10.8. The maximum atomic E-state index is 14.1. The van der Waals surface area contributed by atoms with Gasteiger partial charge in [-0.15, -0.1) is 24.8 Å². The zero-order chi connectivity index (χ0) is 25.9. The van der Waals surface area contributed by atoms with E-state index in [2.05, 4.69) is 26.1 Å². The van der Waals surface area contributed by atoms with E-state index in [4.69, 9.17) is 22.1 Å². The molecule has 0 radical (unpaired) electrons. The molecule has 3 N–H and O–H groups in total. The summed E-state index contributed by atoms with van der Waals surface area (Å²) in [6.45, 7) is 7.68. The molecular formula is C29H35Cl3FN3O2. The predicted octanol–water partition coefficient (Wildman–Crippen LogP) is 6.44. The fourth-order valence-electron chi connectivity index (χ4n) is 4.46. The van der Waals surface area contributed by atoms with Crippen molar-refractivity contribution < 1.29 is 13.9 Å². The van der Waals surface area contributed by atoms with E-state index in [1.54, 1.807) is 29.2 Å². The van der Waals surface area contributed by atoms with Crippen molar-refractivity contribution in [3.63, 3.8) is 0 Å². The summed E-state index contributed by atoms with van der Waals surface area (Å²) in [6, 6.07) is 20.0. The van der Waals surface area contributed by atoms with Crippen LogP contribution in [0.4, 0.5) is 10.1 Å². The van der Waals surface area contributed by atoms with E-state index in [9.17, 15) is 9.18 Å². The Labute approximate surface area is 241 Å². The second kappa shape index (κ2) is 13.7. The number of benzene rings is 3. The van der Waals surface area contributed by atoms with Gasteiger partial charge < -0.3 is 20.7 Å². The number of rotatable bonds is 7. The Morgan fingerprint density at radius 1 is 1.05 bits per heavy atom. The van der Waals surface area contributed by atoms with E-state index in [0.717, 1.165) is 22.4 Å². The minimum atomic E-state index is -0.795. The standard InChI is InChI=1S/C29H33ClFN3O2.2ClH/c1-29(2,3)18-34-25-12-11-22(30)14-23(25)27(20-9-6-7-19(13-20)15-32)36-26(28(34)35)17-33-16-21-8-4-5-10-24(21)31;;/h4-14,26-27,33H,15-18,32H2,1-3H3;2*1H. The van der Waals surface area contributed by atoms with Crippen LogP contribution in [0.25, 0.3) is 0 Å². The minimum Gasteiger partial charge on any atom is -0.354 e. The third-order valence-electron chi connectivity index (χ3n) is 6.13. The molecule has 5 nitrogen and oxygen atoms in total. The number of hydrogen-bond acceptors (Lipinski definition) is 4. The molecular weight excluding hydrogens is 548 g/mol. The number of carbonyl (C=O) groups excluding carboxylic acids is 1. The largest absolute Gasteiger partial charge is 0.354 e. The van der Waals surface area contributed by atoms with Gasteiger partial charge >= 0.3 is 0 Å². The molecule has 0 aromatic heterocycles. The Kier molecular flexibility index (Phi) is 11.6. The van der Waals surface area contributed by atoms with Gasteiger partial charge in [0.1, 0.15) is 18.0 Å². The zero-order valence-corrected chi connectivity index (χ0v) is 24.1. The molecule has 4 rings (SSSR count). The Balaban J connectivity index is 0.00000253. The van der Waals surface area contributed by atoms with Crippen LogP contribution < -0.4 is 16.0 Å². The van der Waals surface area contributed by atoms with Gasteiger partial charge in [-0.3, -0.25) is 4.79 Å². The Morgan fingerprint density at radius 3 is 2.47 bits per heavy atom. The number of hydrogen-bond donors (Lipinski definition) is 2. The zero-order valence-electron chi connectivity index (χ0n) is 21.7. The molecule has 2 atom stereocenters. The molecule has 0 aliphatic carbocycles. The molecule has 0 saturated carbocycles. The number of halogens is 4. The van der Waals surface area contributed by atoms with Crippen LogP contribution in [0.2, 0.25) is 5.02 Å². The molecule has 0 bridgehead atoms. The number of carbonyl (C=O) groups is 1. The van der Waals surface area contributed by atoms with E-state index in [0.29, 0.717) is 23.7 Å². The summed E-state index contributed by atoms with van der Waals surface area (Å²) in [5.41, 5.74) is 9.75. The van der Waals surface area contributed by atoms with E-state index >= 15 is 0 Å². The van der Waals surface area contributed by atoms with Crippen LogP contribution in [-0.2, 0) is 22.6 Å². The highest BCUT2D eigenvalue weighted by Crippen LogP contribution is 2.40. The summed E-state index contributed by atoms with van der Waals surface area (Å²) in [5, 5.41) is 3.79. The van der Waals surface area contributed by atoms with E-state index in [1.165, 1.54) is 6.07 Å². The first-order valence-corrected chi connectivity index (χ1v) is 12.5. The lowest BCUT2D eigenvalue weighted by molar-refractivity contribution is -0.131. The van der Waals surface area contributed by atoms with Gasteiger partial charge in [0, 0.05) is 48.0 Å². The molecule has 1 heterocycles. The first-order chi connectivity index (χ1) is 17.2. The van der Waals surface area contributed by atoms with Crippen molar-refractivity contribution in [1.82, 2.24) is 5.32 Å². The highest BCUT2D eigenvalue weighted by Gasteiger charge is 2.38. The topological polar surface area (TPSA) is 67.6 Å². The summed E-state index contributed by atoms with van der Waals surface area (Å²) in [6.07, 6.45) is -1.32. The van der Waals surface area contributed by atoms with Gasteiger partial charge in [-0.1, -0.05) is 74.8 Å². The van der Waals surface area contributed by atoms with Crippen LogP contribution in [-0.4, -0.2) is 25.1 Å². The molecule has 3 aromatic carbocycles. The maximum Gasteiger partial charge on any atom is 0.257 e. The predicted molar refractivity (Wildman–Crippen MR) is 157 cm³/mol. The molecule has 2 unspecified atom stereocenters. The summed E-state index contributed by atoms with van der Waals surface area (Å²) < 4.78 is 20.7. The van der Waals surface area contributed by atoms with Crippen molar-refractivity contribution in [3.05, 3.63) is 99.8 Å². The van der Waals surface area contributed by atoms with Crippen molar-refractivity contribution in [2.75, 3.05) is 18.0 Å². The number of amides is 1. The quantitative estimate of drug-likeness (QED) is 0.337. The normalized spacial score (nSPS) is 17.2. The first-order valence-electron chi connectivity index (χ1n) is 12.2. The molecule has 0 spiro atoms. The first kappa shape index (κ1) is 32.0. The monoisotopic (exact) mass is 581 g/mol. The Bertz CT molecular complexity index is 1240. The molecule has 206 valence electrons. The molecule has 3 aromatic rings. The van der Waals surface area contributed by atoms with Gasteiger partial charge in [0.05, 0.1) is 0 Å². The maximum absolute atomic E-state index is 14.1. The Hall–Kier alpha value is -2.19. The number of nitrogens with zero attached hydrogens (tertiary/aromatic N) is 1. The lowest BCUT2D eigenvalue weighted by atomic mass is 9.94. The van der Waals surface area contributed by atoms with Crippen LogP contribution in [0.15, 0.2) is 66.7 Å². The highest BCUT2D eigenvalue weighted by atomic mass is 35.5.